The number of fused-ring (bicyclic) bond motifs is 1. The minimum atomic E-state index is -4.64. The van der Waals surface area contributed by atoms with Crippen LogP contribution < -0.4 is 5.82 Å². The first-order valence-corrected chi connectivity index (χ1v) is 16.7. The number of carboxylic acids is 1. The number of nitrogens with zero attached hydrogens (tertiary/aromatic N) is 3. The van der Waals surface area contributed by atoms with Crippen LogP contribution in [0.4, 0.5) is 4.79 Å². The lowest BCUT2D eigenvalue weighted by atomic mass is 9.87. The Morgan fingerprint density at radius 3 is 2.59 bits per heavy atom. The molecular formula is C29H29N3O12S2. The van der Waals surface area contributed by atoms with Gasteiger partial charge in [0.25, 0.3) is 10.1 Å². The zero-order valence-electron chi connectivity index (χ0n) is 24.6. The first-order chi connectivity index (χ1) is 21.7. The molecular weight excluding hydrogens is 646 g/mol. The van der Waals surface area contributed by atoms with E-state index in [1.54, 1.807) is 11.8 Å². The summed E-state index contributed by atoms with van der Waals surface area (Å²) in [6, 6.07) is 3.93. The standard InChI is InChI=1S/C29H29N3O12S2/c1-14-3-4-21(46(39,40)41)19(9-14)22-25(34)32-23(27(35)36)17(13-45-26(22)32)10-16-5-8-31(24(16)33)18-6-7-30(11-18)28(37)42-12-20-15(2)43-29(38)44-20/h3-4,9-10,18,22,26H,5-8,11-13H2,1-2H3,(H,35,36)(H,39,40,41)/b16-10+/t18-,22-,26-/m1/s1. The van der Waals surface area contributed by atoms with Crippen molar-refractivity contribution >= 4 is 45.8 Å². The van der Waals surface area contributed by atoms with Crippen molar-refractivity contribution in [1.82, 2.24) is 14.7 Å². The summed E-state index contributed by atoms with van der Waals surface area (Å²) in [4.78, 5) is 66.8. The number of carbonyl (C=O) groups is 4. The molecule has 2 N–H and O–H groups in total. The number of thioether (sulfide) groups is 1. The van der Waals surface area contributed by atoms with E-state index in [2.05, 4.69) is 0 Å². The highest BCUT2D eigenvalue weighted by Gasteiger charge is 2.55. The number of aliphatic carboxylic acids is 1. The number of ether oxygens (including phenoxy) is 1. The van der Waals surface area contributed by atoms with E-state index < -0.39 is 50.1 Å². The van der Waals surface area contributed by atoms with Crippen LogP contribution in [0.5, 0.6) is 0 Å². The summed E-state index contributed by atoms with van der Waals surface area (Å²) in [5.41, 5.74) is 1.15. The molecule has 5 heterocycles. The molecule has 6 rings (SSSR count). The van der Waals surface area contributed by atoms with Gasteiger partial charge in [-0.15, -0.1) is 11.8 Å². The summed E-state index contributed by atoms with van der Waals surface area (Å²) >= 11 is 1.24. The summed E-state index contributed by atoms with van der Waals surface area (Å²) in [6.07, 6.45) is 1.71. The fourth-order valence-electron chi connectivity index (χ4n) is 6.27. The van der Waals surface area contributed by atoms with Crippen LogP contribution in [0.2, 0.25) is 0 Å². The average Bonchev–Trinajstić information content (AvgIpc) is 3.69. The molecule has 244 valence electrons. The molecule has 3 amide bonds. The van der Waals surface area contributed by atoms with Crippen molar-refractivity contribution < 1.29 is 50.8 Å². The normalized spacial score (nSPS) is 24.1. The minimum Gasteiger partial charge on any atom is -0.477 e. The van der Waals surface area contributed by atoms with Gasteiger partial charge in [0, 0.05) is 31.0 Å². The second-order valence-electron chi connectivity index (χ2n) is 11.4. The zero-order chi connectivity index (χ0) is 33.1. The number of benzene rings is 1. The van der Waals surface area contributed by atoms with Crippen LogP contribution in [-0.4, -0.2) is 93.5 Å². The molecule has 4 aliphatic rings. The zero-order valence-corrected chi connectivity index (χ0v) is 26.3. The Bertz CT molecular complexity index is 1890. The van der Waals surface area contributed by atoms with Gasteiger partial charge in [0.15, 0.2) is 18.1 Å². The van der Waals surface area contributed by atoms with Crippen molar-refractivity contribution in [2.45, 2.75) is 55.5 Å². The first kappa shape index (κ1) is 31.6. The van der Waals surface area contributed by atoms with Gasteiger partial charge in [-0.25, -0.2) is 14.4 Å². The maximum absolute atomic E-state index is 13.4. The van der Waals surface area contributed by atoms with Gasteiger partial charge >= 0.3 is 17.9 Å². The largest absolute Gasteiger partial charge is 0.519 e. The van der Waals surface area contributed by atoms with Gasteiger partial charge in [-0.2, -0.15) is 8.42 Å². The van der Waals surface area contributed by atoms with Gasteiger partial charge in [-0.3, -0.25) is 19.0 Å². The van der Waals surface area contributed by atoms with Crippen LogP contribution in [0.3, 0.4) is 0 Å². The number of aryl methyl sites for hydroxylation is 2. The third-order valence-electron chi connectivity index (χ3n) is 8.51. The predicted octanol–water partition coefficient (Wildman–Crippen LogP) is 2.00. The molecule has 0 radical (unpaired) electrons. The quantitative estimate of drug-likeness (QED) is 0.245. The first-order valence-electron chi connectivity index (χ1n) is 14.3. The van der Waals surface area contributed by atoms with Crippen molar-refractivity contribution in [2.75, 3.05) is 25.4 Å². The van der Waals surface area contributed by atoms with Gasteiger partial charge < -0.3 is 28.5 Å². The van der Waals surface area contributed by atoms with Crippen LogP contribution in [-0.2, 0) is 35.8 Å². The maximum atomic E-state index is 13.4. The Balaban J connectivity index is 1.15. The fraction of sp³-hybridized carbons (Fsp3) is 0.414. The molecule has 0 bridgehead atoms. The third kappa shape index (κ3) is 5.62. The molecule has 4 aliphatic heterocycles. The molecule has 46 heavy (non-hydrogen) atoms. The molecule has 17 heteroatoms. The minimum absolute atomic E-state index is 0.104. The van der Waals surface area contributed by atoms with Gasteiger partial charge in [0.2, 0.25) is 11.8 Å². The SMILES string of the molecule is Cc1ccc(S(=O)(=O)O)c([C@@H]2C(=O)N3C(C(=O)O)=C(/C=C4\CCN([C@@H]5CCN(C(=O)OCc6oc(=O)oc6C)C5)C4=O)CS[C@H]23)c1. The molecule has 3 saturated heterocycles. The lowest BCUT2D eigenvalue weighted by molar-refractivity contribution is -0.148. The Kier molecular flexibility index (Phi) is 8.10. The number of hydrogen-bond acceptors (Lipinski definition) is 11. The summed E-state index contributed by atoms with van der Waals surface area (Å²) in [7, 11) is -4.64. The predicted molar refractivity (Wildman–Crippen MR) is 158 cm³/mol. The molecule has 3 fully saturated rings. The Morgan fingerprint density at radius 1 is 1.15 bits per heavy atom. The molecule has 1 aromatic heterocycles. The summed E-state index contributed by atoms with van der Waals surface area (Å²) in [5, 5.41) is 9.40. The van der Waals surface area contributed by atoms with Gasteiger partial charge in [0.1, 0.15) is 5.70 Å². The van der Waals surface area contributed by atoms with Crippen LogP contribution >= 0.6 is 11.8 Å². The van der Waals surface area contributed by atoms with E-state index in [0.29, 0.717) is 37.1 Å². The summed E-state index contributed by atoms with van der Waals surface area (Å²) in [6.45, 7) is 3.86. The fourth-order valence-corrected chi connectivity index (χ4v) is 8.37. The Hall–Kier alpha value is -4.35. The number of carbonyl (C=O) groups excluding carboxylic acids is 3. The number of allylic oxidation sites excluding steroid dienone is 1. The monoisotopic (exact) mass is 675 g/mol. The highest BCUT2D eigenvalue weighted by Crippen LogP contribution is 2.50. The van der Waals surface area contributed by atoms with Crippen molar-refractivity contribution in [1.29, 1.82) is 0 Å². The topological polar surface area (TPSA) is 205 Å². The molecule has 0 saturated carbocycles. The van der Waals surface area contributed by atoms with Gasteiger partial charge in [-0.05, 0) is 50.0 Å². The lowest BCUT2D eigenvalue weighted by Crippen LogP contribution is -2.60. The smallest absolute Gasteiger partial charge is 0.477 e. The number of carboxylic acid groups (broad SMARTS) is 1. The van der Waals surface area contributed by atoms with Gasteiger partial charge in [0.05, 0.1) is 22.2 Å². The van der Waals surface area contributed by atoms with Crippen molar-refractivity contribution in [3.05, 3.63) is 74.4 Å². The molecule has 2 aromatic rings. The van der Waals surface area contributed by atoms with E-state index in [0.717, 1.165) is 4.90 Å². The maximum Gasteiger partial charge on any atom is 0.519 e. The van der Waals surface area contributed by atoms with E-state index in [9.17, 15) is 42.0 Å². The second-order valence-corrected chi connectivity index (χ2v) is 13.9. The number of amides is 3. The van der Waals surface area contributed by atoms with E-state index in [-0.39, 0.29) is 59.2 Å². The highest BCUT2D eigenvalue weighted by atomic mass is 32.2. The van der Waals surface area contributed by atoms with Gasteiger partial charge in [-0.1, -0.05) is 17.7 Å². The van der Waals surface area contributed by atoms with Crippen molar-refractivity contribution in [2.24, 2.45) is 0 Å². The summed E-state index contributed by atoms with van der Waals surface area (Å²) < 4.78 is 48.6. The Labute approximate surface area is 266 Å². The van der Waals surface area contributed by atoms with Crippen LogP contribution in [0, 0.1) is 13.8 Å². The summed E-state index contributed by atoms with van der Waals surface area (Å²) in [5.74, 6) is -3.69. The molecule has 0 aliphatic carbocycles. The van der Waals surface area contributed by atoms with E-state index >= 15 is 0 Å². The molecule has 1 aromatic carbocycles. The van der Waals surface area contributed by atoms with E-state index in [1.807, 2.05) is 0 Å². The van der Waals surface area contributed by atoms with E-state index in [4.69, 9.17) is 13.6 Å². The molecule has 3 atom stereocenters. The van der Waals surface area contributed by atoms with Crippen LogP contribution in [0.1, 0.15) is 41.4 Å². The highest BCUT2D eigenvalue weighted by molar-refractivity contribution is 8.00. The molecule has 0 spiro atoms. The molecule has 15 nitrogen and oxygen atoms in total. The van der Waals surface area contributed by atoms with Crippen molar-refractivity contribution in [3.8, 4) is 0 Å². The van der Waals surface area contributed by atoms with Crippen molar-refractivity contribution in [3.63, 3.8) is 0 Å². The third-order valence-corrected chi connectivity index (χ3v) is 10.7. The lowest BCUT2D eigenvalue weighted by Gasteiger charge is -2.49. The Morgan fingerprint density at radius 2 is 1.91 bits per heavy atom. The number of rotatable bonds is 7. The number of likely N-dealkylation sites (tertiary alicyclic amines) is 2. The van der Waals surface area contributed by atoms with Crippen LogP contribution in [0.25, 0.3) is 0 Å². The second kappa shape index (κ2) is 11.8. The van der Waals surface area contributed by atoms with E-state index in [1.165, 1.54) is 47.9 Å². The number of β-lactam (4-membered cyclic amide) rings is 1. The number of hydrogen-bond donors (Lipinski definition) is 2. The average molecular weight is 676 g/mol. The van der Waals surface area contributed by atoms with Crippen LogP contribution in [0.15, 0.2) is 59.6 Å². The molecule has 0 unspecified atom stereocenters.